The van der Waals surface area contributed by atoms with Gasteiger partial charge in [0.25, 0.3) is 0 Å². The minimum atomic E-state index is -1.03. The summed E-state index contributed by atoms with van der Waals surface area (Å²) in [6.45, 7) is 3.28. The van der Waals surface area contributed by atoms with Gasteiger partial charge in [-0.2, -0.15) is 0 Å². The van der Waals surface area contributed by atoms with Gasteiger partial charge in [0.2, 0.25) is 5.78 Å². The molecule has 5 nitrogen and oxygen atoms in total. The molecule has 1 aromatic carbocycles. The van der Waals surface area contributed by atoms with E-state index in [1.54, 1.807) is 6.92 Å². The van der Waals surface area contributed by atoms with Crippen molar-refractivity contribution in [1.29, 1.82) is 0 Å². The first-order chi connectivity index (χ1) is 12.3. The average molecular weight is 412 g/mol. The summed E-state index contributed by atoms with van der Waals surface area (Å²) in [4.78, 5) is 32.1. The Morgan fingerprint density at radius 2 is 1.85 bits per heavy atom. The summed E-state index contributed by atoms with van der Waals surface area (Å²) in [6.07, 6.45) is 0.163. The van der Waals surface area contributed by atoms with Crippen LogP contribution < -0.4 is 0 Å². The lowest BCUT2D eigenvalue weighted by Gasteiger charge is -2.13. The topological polar surface area (TPSA) is 72.1 Å². The Hall–Kier alpha value is -2.08. The molecule has 0 radical (unpaired) electrons. The number of carbonyl (C=O) groups excluding carboxylic acids is 2. The van der Waals surface area contributed by atoms with Gasteiger partial charge < -0.3 is 9.72 Å². The Kier molecular flexibility index (Phi) is 5.23. The molecule has 0 fully saturated rings. The number of pyridine rings is 1. The highest BCUT2D eigenvalue weighted by Gasteiger charge is 2.27. The van der Waals surface area contributed by atoms with Crippen LogP contribution in [-0.2, 0) is 4.74 Å². The molecule has 3 rings (SSSR count). The second-order valence-electron chi connectivity index (χ2n) is 5.67. The van der Waals surface area contributed by atoms with Gasteiger partial charge in [-0.05, 0) is 19.9 Å². The molecule has 0 amide bonds. The maximum atomic E-state index is 12.8. The lowest BCUT2D eigenvalue weighted by Crippen LogP contribution is -2.25. The number of nitrogens with one attached hydrogen (secondary N) is 1. The molecule has 0 bridgehead atoms. The highest BCUT2D eigenvalue weighted by atomic mass is 35.5. The number of hydrogen-bond acceptors (Lipinski definition) is 4. The first kappa shape index (κ1) is 18.7. The standard InChI is InChI=1S/C18H13Cl3N2O3/c1-8-13(10-5-3-4-6-12(10)23-8)17(24)9(2)26-18(25)16-15(21)14(20)11(19)7-22-16/h3-7,9,23H,1-2H3/t9-/m0/s1. The van der Waals surface area contributed by atoms with Crippen LogP contribution in [0.25, 0.3) is 10.9 Å². The number of carbonyl (C=O) groups is 2. The molecule has 0 aliphatic rings. The van der Waals surface area contributed by atoms with Gasteiger partial charge in [-0.25, -0.2) is 9.78 Å². The number of aromatic amines is 1. The van der Waals surface area contributed by atoms with E-state index in [1.807, 2.05) is 24.3 Å². The molecule has 0 saturated heterocycles. The van der Waals surface area contributed by atoms with Crippen LogP contribution in [0.4, 0.5) is 0 Å². The number of esters is 1. The van der Waals surface area contributed by atoms with Crippen molar-refractivity contribution < 1.29 is 14.3 Å². The zero-order chi connectivity index (χ0) is 19.0. The number of benzene rings is 1. The number of para-hydroxylation sites is 1. The van der Waals surface area contributed by atoms with E-state index in [2.05, 4.69) is 9.97 Å². The van der Waals surface area contributed by atoms with Crippen LogP contribution in [-0.4, -0.2) is 27.8 Å². The van der Waals surface area contributed by atoms with E-state index in [4.69, 9.17) is 39.5 Å². The molecule has 0 unspecified atom stereocenters. The summed E-state index contributed by atoms with van der Waals surface area (Å²) in [5, 5.41) is 0.768. The molecule has 0 aliphatic heterocycles. The summed E-state index contributed by atoms with van der Waals surface area (Å²) >= 11 is 17.7. The summed E-state index contributed by atoms with van der Waals surface area (Å²) in [5.41, 5.74) is 1.82. The second-order valence-corrected chi connectivity index (χ2v) is 6.83. The minimum Gasteiger partial charge on any atom is -0.449 e. The third-order valence-corrected chi connectivity index (χ3v) is 5.14. The highest BCUT2D eigenvalue weighted by molar-refractivity contribution is 6.48. The lowest BCUT2D eigenvalue weighted by atomic mass is 10.0. The number of ether oxygens (including phenoxy) is 1. The number of H-pyrrole nitrogens is 1. The largest absolute Gasteiger partial charge is 0.449 e. The predicted octanol–water partition coefficient (Wildman–Crippen LogP) is 5.26. The second kappa shape index (κ2) is 7.27. The zero-order valence-electron chi connectivity index (χ0n) is 13.8. The normalized spacial score (nSPS) is 12.2. The van der Waals surface area contributed by atoms with E-state index in [0.717, 1.165) is 10.9 Å². The van der Waals surface area contributed by atoms with Crippen LogP contribution in [0.2, 0.25) is 15.1 Å². The summed E-state index contributed by atoms with van der Waals surface area (Å²) < 4.78 is 5.25. The van der Waals surface area contributed by atoms with Gasteiger partial charge in [0.05, 0.1) is 15.1 Å². The Morgan fingerprint density at radius 3 is 2.58 bits per heavy atom. The number of aryl methyl sites for hydroxylation is 1. The molecule has 1 N–H and O–H groups in total. The lowest BCUT2D eigenvalue weighted by molar-refractivity contribution is 0.0313. The molecule has 0 saturated carbocycles. The SMILES string of the molecule is Cc1[nH]c2ccccc2c1C(=O)[C@H](C)OC(=O)c1ncc(Cl)c(Cl)c1Cl. The Bertz CT molecular complexity index is 1030. The molecule has 1 atom stereocenters. The van der Waals surface area contributed by atoms with Crippen LogP contribution >= 0.6 is 34.8 Å². The minimum absolute atomic E-state index is 0.00161. The zero-order valence-corrected chi connectivity index (χ0v) is 16.0. The van der Waals surface area contributed by atoms with Gasteiger partial charge >= 0.3 is 5.97 Å². The van der Waals surface area contributed by atoms with Crippen molar-refractivity contribution >= 4 is 57.5 Å². The number of rotatable bonds is 4. The third kappa shape index (κ3) is 3.30. The number of nitrogens with zero attached hydrogens (tertiary/aromatic N) is 1. The molecule has 134 valence electrons. The first-order valence-corrected chi connectivity index (χ1v) is 8.76. The molecule has 3 aromatic rings. The van der Waals surface area contributed by atoms with Crippen molar-refractivity contribution in [2.75, 3.05) is 0 Å². The maximum absolute atomic E-state index is 12.8. The molecule has 2 heterocycles. The van der Waals surface area contributed by atoms with Crippen LogP contribution in [0, 0.1) is 6.92 Å². The fraction of sp³-hybridized carbons (Fsp3) is 0.167. The number of fused-ring (bicyclic) bond motifs is 1. The van der Waals surface area contributed by atoms with Crippen LogP contribution in [0.5, 0.6) is 0 Å². The Morgan fingerprint density at radius 1 is 1.15 bits per heavy atom. The van der Waals surface area contributed by atoms with E-state index >= 15 is 0 Å². The van der Waals surface area contributed by atoms with Crippen molar-refractivity contribution in [3.63, 3.8) is 0 Å². The molecule has 26 heavy (non-hydrogen) atoms. The molecular formula is C18H13Cl3N2O3. The van der Waals surface area contributed by atoms with Crippen LogP contribution in [0.1, 0.15) is 33.5 Å². The number of ketones is 1. The molecule has 2 aromatic heterocycles. The van der Waals surface area contributed by atoms with E-state index in [9.17, 15) is 9.59 Å². The van der Waals surface area contributed by atoms with Gasteiger partial charge in [0.15, 0.2) is 11.8 Å². The highest BCUT2D eigenvalue weighted by Crippen LogP contribution is 2.31. The smallest absolute Gasteiger partial charge is 0.359 e. The van der Waals surface area contributed by atoms with E-state index in [0.29, 0.717) is 11.3 Å². The van der Waals surface area contributed by atoms with Gasteiger partial charge in [-0.1, -0.05) is 53.0 Å². The van der Waals surface area contributed by atoms with E-state index < -0.39 is 12.1 Å². The molecule has 0 spiro atoms. The first-order valence-electron chi connectivity index (χ1n) is 7.63. The molecule has 0 aliphatic carbocycles. The number of halogens is 3. The number of Topliss-reactive ketones (excluding diaryl/α,β-unsaturated/α-hetero) is 1. The van der Waals surface area contributed by atoms with Gasteiger partial charge in [0.1, 0.15) is 0 Å². The van der Waals surface area contributed by atoms with Gasteiger partial charge in [0, 0.05) is 28.4 Å². The van der Waals surface area contributed by atoms with Crippen molar-refractivity contribution in [3.8, 4) is 0 Å². The van der Waals surface area contributed by atoms with Crippen molar-refractivity contribution in [2.24, 2.45) is 0 Å². The van der Waals surface area contributed by atoms with Crippen molar-refractivity contribution in [3.05, 3.63) is 62.5 Å². The third-order valence-electron chi connectivity index (χ3n) is 3.90. The quantitative estimate of drug-likeness (QED) is 0.469. The van der Waals surface area contributed by atoms with Crippen molar-refractivity contribution in [1.82, 2.24) is 9.97 Å². The Balaban J connectivity index is 1.87. The number of aromatic nitrogens is 2. The van der Waals surface area contributed by atoms with Crippen LogP contribution in [0.3, 0.4) is 0 Å². The molecule has 8 heteroatoms. The summed E-state index contributed by atoms with van der Waals surface area (Å²) in [5.74, 6) is -1.18. The monoisotopic (exact) mass is 410 g/mol. The van der Waals surface area contributed by atoms with Crippen molar-refractivity contribution in [2.45, 2.75) is 20.0 Å². The summed E-state index contributed by atoms with van der Waals surface area (Å²) in [7, 11) is 0. The fourth-order valence-corrected chi connectivity index (χ4v) is 3.21. The van der Waals surface area contributed by atoms with Gasteiger partial charge in [-0.3, -0.25) is 4.79 Å². The van der Waals surface area contributed by atoms with Gasteiger partial charge in [-0.15, -0.1) is 0 Å². The predicted molar refractivity (Wildman–Crippen MR) is 102 cm³/mol. The number of hydrogen-bond donors (Lipinski definition) is 1. The van der Waals surface area contributed by atoms with Crippen LogP contribution in [0.15, 0.2) is 30.5 Å². The Labute approximate surface area is 164 Å². The summed E-state index contributed by atoms with van der Waals surface area (Å²) in [6, 6.07) is 7.41. The van der Waals surface area contributed by atoms with E-state index in [-0.39, 0.29) is 26.5 Å². The maximum Gasteiger partial charge on any atom is 0.359 e. The molecular weight excluding hydrogens is 399 g/mol. The van der Waals surface area contributed by atoms with E-state index in [1.165, 1.54) is 13.1 Å². The average Bonchev–Trinajstić information content (AvgIpc) is 2.94. The fourth-order valence-electron chi connectivity index (χ4n) is 2.65.